The van der Waals surface area contributed by atoms with Crippen LogP contribution in [-0.2, 0) is 0 Å². The van der Waals surface area contributed by atoms with E-state index < -0.39 is 5.67 Å². The standard InChI is InChI=1S/C16H26FN3/c1-13(2)15-7-6-14(10-18-15)20-9-5-8-16(17,12-20)11-19(3)4/h6-7,10,13H,5,8-9,11-12H2,1-4H3. The van der Waals surface area contributed by atoms with E-state index >= 15 is 0 Å². The fraction of sp³-hybridized carbons (Fsp3) is 0.688. The summed E-state index contributed by atoms with van der Waals surface area (Å²) in [5, 5.41) is 0. The molecule has 0 aliphatic carbocycles. The van der Waals surface area contributed by atoms with Gasteiger partial charge in [0.1, 0.15) is 5.67 Å². The number of hydrogen-bond acceptors (Lipinski definition) is 3. The second-order valence-corrected chi connectivity index (χ2v) is 6.51. The van der Waals surface area contributed by atoms with Crippen LogP contribution in [0.2, 0.25) is 0 Å². The zero-order chi connectivity index (χ0) is 14.8. The van der Waals surface area contributed by atoms with Gasteiger partial charge in [-0.2, -0.15) is 0 Å². The largest absolute Gasteiger partial charge is 0.367 e. The second kappa shape index (κ2) is 6.08. The molecule has 0 N–H and O–H groups in total. The van der Waals surface area contributed by atoms with Crippen LogP contribution in [0.5, 0.6) is 0 Å². The molecule has 1 saturated heterocycles. The molecule has 0 bridgehead atoms. The Hall–Kier alpha value is -1.16. The lowest BCUT2D eigenvalue weighted by atomic mass is 9.94. The third-order valence-electron chi connectivity index (χ3n) is 3.85. The van der Waals surface area contributed by atoms with Crippen molar-refractivity contribution in [3.63, 3.8) is 0 Å². The Labute approximate surface area is 121 Å². The van der Waals surface area contributed by atoms with Crippen LogP contribution < -0.4 is 4.90 Å². The Kier molecular flexibility index (Phi) is 4.63. The van der Waals surface area contributed by atoms with E-state index in [9.17, 15) is 4.39 Å². The molecule has 3 nitrogen and oxygen atoms in total. The molecule has 1 aliphatic rings. The smallest absolute Gasteiger partial charge is 0.141 e. The maximum Gasteiger partial charge on any atom is 0.141 e. The Morgan fingerprint density at radius 2 is 2.15 bits per heavy atom. The number of piperidine rings is 1. The van der Waals surface area contributed by atoms with Crippen LogP contribution in [0.15, 0.2) is 18.3 Å². The molecular weight excluding hydrogens is 253 g/mol. The van der Waals surface area contributed by atoms with Crippen LogP contribution in [0.4, 0.5) is 10.1 Å². The van der Waals surface area contributed by atoms with Crippen molar-refractivity contribution in [3.8, 4) is 0 Å². The number of anilines is 1. The number of alkyl halides is 1. The first-order valence-corrected chi connectivity index (χ1v) is 7.44. The van der Waals surface area contributed by atoms with Crippen LogP contribution in [0.3, 0.4) is 0 Å². The lowest BCUT2D eigenvalue weighted by molar-refractivity contribution is 0.0977. The van der Waals surface area contributed by atoms with Gasteiger partial charge in [0.25, 0.3) is 0 Å². The van der Waals surface area contributed by atoms with E-state index in [0.29, 0.717) is 25.4 Å². The van der Waals surface area contributed by atoms with Crippen molar-refractivity contribution >= 4 is 5.69 Å². The van der Waals surface area contributed by atoms with Gasteiger partial charge in [0.05, 0.1) is 18.4 Å². The molecule has 0 saturated carbocycles. The maximum absolute atomic E-state index is 14.9. The Morgan fingerprint density at radius 3 is 2.70 bits per heavy atom. The molecule has 2 heterocycles. The quantitative estimate of drug-likeness (QED) is 0.844. The summed E-state index contributed by atoms with van der Waals surface area (Å²) in [6.07, 6.45) is 3.44. The van der Waals surface area contributed by atoms with Gasteiger partial charge in [-0.3, -0.25) is 4.98 Å². The summed E-state index contributed by atoms with van der Waals surface area (Å²) in [6.45, 7) is 6.13. The van der Waals surface area contributed by atoms with Gasteiger partial charge in [0.15, 0.2) is 0 Å². The molecule has 1 fully saturated rings. The fourth-order valence-corrected chi connectivity index (χ4v) is 2.93. The highest BCUT2D eigenvalue weighted by molar-refractivity contribution is 5.46. The summed E-state index contributed by atoms with van der Waals surface area (Å²) in [4.78, 5) is 8.55. The number of hydrogen-bond donors (Lipinski definition) is 0. The maximum atomic E-state index is 14.9. The monoisotopic (exact) mass is 279 g/mol. The van der Waals surface area contributed by atoms with Crippen molar-refractivity contribution in [2.24, 2.45) is 0 Å². The summed E-state index contributed by atoms with van der Waals surface area (Å²) >= 11 is 0. The molecule has 2 rings (SSSR count). The minimum Gasteiger partial charge on any atom is -0.367 e. The van der Waals surface area contributed by atoms with Crippen molar-refractivity contribution in [1.29, 1.82) is 0 Å². The lowest BCUT2D eigenvalue weighted by Gasteiger charge is -2.39. The minimum atomic E-state index is -1.11. The van der Waals surface area contributed by atoms with Crippen LogP contribution in [0, 0.1) is 0 Å². The Balaban J connectivity index is 2.08. The first-order chi connectivity index (χ1) is 9.39. The number of aromatic nitrogens is 1. The fourth-order valence-electron chi connectivity index (χ4n) is 2.93. The van der Waals surface area contributed by atoms with Crippen molar-refractivity contribution < 1.29 is 4.39 Å². The van der Waals surface area contributed by atoms with Crippen molar-refractivity contribution in [1.82, 2.24) is 9.88 Å². The van der Waals surface area contributed by atoms with Crippen molar-refractivity contribution in [2.45, 2.75) is 38.3 Å². The molecule has 1 aromatic heterocycles. The number of pyridine rings is 1. The van der Waals surface area contributed by atoms with E-state index in [-0.39, 0.29) is 0 Å². The lowest BCUT2D eigenvalue weighted by Crippen LogP contribution is -2.50. The average Bonchev–Trinajstić information content (AvgIpc) is 2.37. The third kappa shape index (κ3) is 3.69. The molecule has 1 unspecified atom stereocenters. The van der Waals surface area contributed by atoms with Crippen LogP contribution in [0.1, 0.15) is 38.3 Å². The van der Waals surface area contributed by atoms with E-state index in [4.69, 9.17) is 0 Å². The normalized spacial score (nSPS) is 23.6. The second-order valence-electron chi connectivity index (χ2n) is 6.51. The molecule has 1 aliphatic heterocycles. The molecule has 0 aromatic carbocycles. The van der Waals surface area contributed by atoms with Gasteiger partial charge in [-0.1, -0.05) is 13.8 Å². The molecule has 1 aromatic rings. The van der Waals surface area contributed by atoms with E-state index in [1.54, 1.807) is 0 Å². The molecule has 4 heteroatoms. The molecule has 20 heavy (non-hydrogen) atoms. The van der Waals surface area contributed by atoms with E-state index in [2.05, 4.69) is 35.9 Å². The van der Waals surface area contributed by atoms with Gasteiger partial charge in [-0.05, 0) is 45.0 Å². The molecule has 0 amide bonds. The topological polar surface area (TPSA) is 19.4 Å². The van der Waals surface area contributed by atoms with Gasteiger partial charge >= 0.3 is 0 Å². The predicted molar refractivity (Wildman–Crippen MR) is 82.2 cm³/mol. The molecular formula is C16H26FN3. The molecule has 0 spiro atoms. The molecule has 1 atom stereocenters. The van der Waals surface area contributed by atoms with Crippen molar-refractivity contribution in [2.75, 3.05) is 38.6 Å². The summed E-state index contributed by atoms with van der Waals surface area (Å²) in [5.74, 6) is 0.430. The SMILES string of the molecule is CC(C)c1ccc(N2CCCC(F)(CN(C)C)C2)cn1. The van der Waals surface area contributed by atoms with E-state index in [1.807, 2.05) is 25.2 Å². The highest BCUT2D eigenvalue weighted by Crippen LogP contribution is 2.29. The summed E-state index contributed by atoms with van der Waals surface area (Å²) < 4.78 is 14.9. The molecule has 112 valence electrons. The summed E-state index contributed by atoms with van der Waals surface area (Å²) in [5.41, 5.74) is 1.01. The average molecular weight is 279 g/mol. The predicted octanol–water partition coefficient (Wildman–Crippen LogP) is 3.08. The number of nitrogens with zero attached hydrogens (tertiary/aromatic N) is 3. The van der Waals surface area contributed by atoms with Crippen LogP contribution in [-0.4, -0.2) is 49.3 Å². The molecule has 0 radical (unpaired) electrons. The number of rotatable bonds is 4. The first kappa shape index (κ1) is 15.2. The summed E-state index contributed by atoms with van der Waals surface area (Å²) in [6, 6.07) is 4.13. The highest BCUT2D eigenvalue weighted by atomic mass is 19.1. The van der Waals surface area contributed by atoms with Crippen molar-refractivity contribution in [3.05, 3.63) is 24.0 Å². The van der Waals surface area contributed by atoms with Gasteiger partial charge in [-0.15, -0.1) is 0 Å². The first-order valence-electron chi connectivity index (χ1n) is 7.44. The van der Waals surface area contributed by atoms with Crippen LogP contribution >= 0.6 is 0 Å². The zero-order valence-corrected chi connectivity index (χ0v) is 13.1. The zero-order valence-electron chi connectivity index (χ0n) is 13.1. The van der Waals surface area contributed by atoms with Crippen LogP contribution in [0.25, 0.3) is 0 Å². The Morgan fingerprint density at radius 1 is 1.40 bits per heavy atom. The third-order valence-corrected chi connectivity index (χ3v) is 3.85. The Bertz CT molecular complexity index is 430. The highest BCUT2D eigenvalue weighted by Gasteiger charge is 2.36. The van der Waals surface area contributed by atoms with Gasteiger partial charge in [0.2, 0.25) is 0 Å². The van der Waals surface area contributed by atoms with Gasteiger partial charge < -0.3 is 9.80 Å². The van der Waals surface area contributed by atoms with Gasteiger partial charge in [0, 0.05) is 18.8 Å². The van der Waals surface area contributed by atoms with E-state index in [0.717, 1.165) is 24.3 Å². The van der Waals surface area contributed by atoms with E-state index in [1.165, 1.54) is 0 Å². The summed E-state index contributed by atoms with van der Waals surface area (Å²) in [7, 11) is 3.86. The number of halogens is 1. The minimum absolute atomic E-state index is 0.430. The van der Waals surface area contributed by atoms with Gasteiger partial charge in [-0.25, -0.2) is 4.39 Å².